The Balaban J connectivity index is 2.23. The Labute approximate surface area is 220 Å². The van der Waals surface area contributed by atoms with Crippen molar-refractivity contribution in [3.8, 4) is 22.6 Å². The number of fused-ring (bicyclic) bond motifs is 1. The first-order valence-electron chi connectivity index (χ1n) is 11.4. The average molecular weight is 532 g/mol. The predicted octanol–water partition coefficient (Wildman–Crippen LogP) is 4.73. The Morgan fingerprint density at radius 2 is 1.81 bits per heavy atom. The number of aryl methyl sites for hydroxylation is 1. The van der Waals surface area contributed by atoms with E-state index in [1.807, 2.05) is 27.1 Å². The number of benzene rings is 1. The number of ether oxygens (including phenoxy) is 2. The summed E-state index contributed by atoms with van der Waals surface area (Å²) in [4.78, 5) is 24.9. The summed E-state index contributed by atoms with van der Waals surface area (Å²) in [6, 6.07) is 5.17. The van der Waals surface area contributed by atoms with Crippen molar-refractivity contribution in [2.24, 2.45) is 10.7 Å². The number of rotatable bonds is 9. The Hall–Kier alpha value is -3.07. The third-order valence-corrected chi connectivity index (χ3v) is 6.49. The number of aliphatic imine (C=N–C) groups is 1. The molecular weight excluding hydrogens is 501 g/mol. The van der Waals surface area contributed by atoms with Gasteiger partial charge in [0.25, 0.3) is 5.56 Å². The lowest BCUT2D eigenvalue weighted by Gasteiger charge is -2.17. The highest BCUT2D eigenvalue weighted by atomic mass is 35.5. The van der Waals surface area contributed by atoms with Gasteiger partial charge in [-0.05, 0) is 40.1 Å². The topological polar surface area (TPSA) is 95.0 Å². The second-order valence-electron chi connectivity index (χ2n) is 8.46. The monoisotopic (exact) mass is 531 g/mol. The molecule has 2 N–H and O–H groups in total. The summed E-state index contributed by atoms with van der Waals surface area (Å²) >= 11 is 13.2. The molecule has 0 saturated heterocycles. The molecule has 0 aliphatic carbocycles. The molecule has 0 spiro atoms. The van der Waals surface area contributed by atoms with Gasteiger partial charge in [0.05, 0.1) is 47.6 Å². The van der Waals surface area contributed by atoms with E-state index in [2.05, 4.69) is 14.9 Å². The van der Waals surface area contributed by atoms with Crippen molar-refractivity contribution < 1.29 is 9.47 Å². The van der Waals surface area contributed by atoms with Crippen molar-refractivity contribution >= 4 is 45.9 Å². The third-order valence-electron chi connectivity index (χ3n) is 5.73. The molecule has 0 unspecified atom stereocenters. The van der Waals surface area contributed by atoms with Crippen molar-refractivity contribution in [3.63, 3.8) is 0 Å². The summed E-state index contributed by atoms with van der Waals surface area (Å²) in [6.07, 6.45) is 3.44. The summed E-state index contributed by atoms with van der Waals surface area (Å²) in [5.74, 6) is 0.705. The number of nitrogens with two attached hydrogens (primary N) is 1. The Kier molecular flexibility index (Phi) is 9.00. The zero-order chi connectivity index (χ0) is 26.6. The third kappa shape index (κ3) is 5.51. The second kappa shape index (κ2) is 11.8. The van der Waals surface area contributed by atoms with Crippen LogP contribution in [-0.2, 0) is 6.54 Å². The van der Waals surface area contributed by atoms with E-state index in [9.17, 15) is 4.79 Å². The summed E-state index contributed by atoms with van der Waals surface area (Å²) in [6.45, 7) is 5.56. The number of hydrogen-bond acceptors (Lipinski definition) is 7. The van der Waals surface area contributed by atoms with Crippen LogP contribution in [-0.4, -0.2) is 62.1 Å². The summed E-state index contributed by atoms with van der Waals surface area (Å²) < 4.78 is 12.4. The fourth-order valence-electron chi connectivity index (χ4n) is 3.82. The smallest absolute Gasteiger partial charge is 0.259 e. The van der Waals surface area contributed by atoms with Crippen LogP contribution in [0.25, 0.3) is 27.6 Å². The Morgan fingerprint density at radius 3 is 2.33 bits per heavy atom. The van der Waals surface area contributed by atoms with E-state index in [-0.39, 0.29) is 15.6 Å². The number of halogens is 2. The molecular formula is C26H31Cl2N5O3. The largest absolute Gasteiger partial charge is 0.495 e. The van der Waals surface area contributed by atoms with Crippen LogP contribution in [0.4, 0.5) is 0 Å². The molecule has 0 aliphatic heterocycles. The highest BCUT2D eigenvalue weighted by molar-refractivity contribution is 6.41. The minimum atomic E-state index is -0.254. The van der Waals surface area contributed by atoms with E-state index in [0.717, 1.165) is 11.9 Å². The average Bonchev–Trinajstić information content (AvgIpc) is 2.84. The SMILES string of the molecule is CCn1c(=O)c(-c2c(Cl)c(OC)cc(OC)c2Cl)cc2cnc(C(C=NCCN(C)C)=C(C)N)cc21. The van der Waals surface area contributed by atoms with Crippen LogP contribution in [0.1, 0.15) is 19.5 Å². The fraction of sp³-hybridized carbons (Fsp3) is 0.346. The second-order valence-corrected chi connectivity index (χ2v) is 9.21. The molecule has 10 heteroatoms. The van der Waals surface area contributed by atoms with Gasteiger partial charge >= 0.3 is 0 Å². The van der Waals surface area contributed by atoms with Crippen molar-refractivity contribution in [2.45, 2.75) is 20.4 Å². The maximum absolute atomic E-state index is 13.7. The summed E-state index contributed by atoms with van der Waals surface area (Å²) in [5.41, 5.74) is 9.20. The first kappa shape index (κ1) is 27.5. The molecule has 0 atom stereocenters. The molecule has 0 amide bonds. The van der Waals surface area contributed by atoms with Crippen LogP contribution in [0.2, 0.25) is 10.0 Å². The van der Waals surface area contributed by atoms with Crippen molar-refractivity contribution in [1.82, 2.24) is 14.5 Å². The highest BCUT2D eigenvalue weighted by Gasteiger charge is 2.22. The summed E-state index contributed by atoms with van der Waals surface area (Å²) in [7, 11) is 6.96. The number of aromatic nitrogens is 2. The number of likely N-dealkylation sites (N-methyl/N-ethyl adjacent to an activating group) is 1. The van der Waals surface area contributed by atoms with Crippen LogP contribution in [0.3, 0.4) is 0 Å². The number of hydrogen-bond donors (Lipinski definition) is 1. The lowest BCUT2D eigenvalue weighted by molar-refractivity contribution is 0.395. The molecule has 36 heavy (non-hydrogen) atoms. The lowest BCUT2D eigenvalue weighted by Crippen LogP contribution is -2.22. The van der Waals surface area contributed by atoms with Gasteiger partial charge in [0.2, 0.25) is 0 Å². The Bertz CT molecular complexity index is 1360. The van der Waals surface area contributed by atoms with Crippen LogP contribution in [0.5, 0.6) is 11.5 Å². The first-order valence-corrected chi connectivity index (χ1v) is 12.1. The molecule has 0 radical (unpaired) electrons. The zero-order valence-electron chi connectivity index (χ0n) is 21.4. The molecule has 192 valence electrons. The van der Waals surface area contributed by atoms with E-state index < -0.39 is 0 Å². The minimum Gasteiger partial charge on any atom is -0.495 e. The van der Waals surface area contributed by atoms with Crippen LogP contribution < -0.4 is 20.8 Å². The number of allylic oxidation sites excluding steroid dienone is 2. The fourth-order valence-corrected chi connectivity index (χ4v) is 4.52. The van der Waals surface area contributed by atoms with Crippen molar-refractivity contribution in [1.29, 1.82) is 0 Å². The molecule has 3 rings (SSSR count). The van der Waals surface area contributed by atoms with E-state index in [0.29, 0.717) is 58.2 Å². The maximum Gasteiger partial charge on any atom is 0.259 e. The van der Waals surface area contributed by atoms with E-state index in [1.165, 1.54) is 14.2 Å². The standard InChI is InChI=1S/C26H31Cl2N5O3/c1-7-33-20-11-19(18(15(2)29)14-30-8-9-32(3)4)31-13-16(20)10-17(26(33)34)23-24(27)21(35-5)12-22(36-6)25(23)28/h10-14H,7-9,29H2,1-6H3. The van der Waals surface area contributed by atoms with Gasteiger partial charge in [0.15, 0.2) is 0 Å². The van der Waals surface area contributed by atoms with Crippen molar-refractivity contribution in [2.75, 3.05) is 41.4 Å². The van der Waals surface area contributed by atoms with Crippen LogP contribution in [0, 0.1) is 0 Å². The molecule has 8 nitrogen and oxygen atoms in total. The van der Waals surface area contributed by atoms with Gasteiger partial charge in [-0.25, -0.2) is 0 Å². The first-order chi connectivity index (χ1) is 17.1. The number of methoxy groups -OCH3 is 2. The summed E-state index contributed by atoms with van der Waals surface area (Å²) in [5, 5.41) is 1.19. The van der Waals surface area contributed by atoms with E-state index in [4.69, 9.17) is 38.4 Å². The molecule has 2 heterocycles. The predicted molar refractivity (Wildman–Crippen MR) is 149 cm³/mol. The molecule has 2 aromatic heterocycles. The maximum atomic E-state index is 13.7. The molecule has 1 aromatic carbocycles. The highest BCUT2D eigenvalue weighted by Crippen LogP contribution is 2.45. The van der Waals surface area contributed by atoms with E-state index in [1.54, 1.807) is 36.0 Å². The van der Waals surface area contributed by atoms with E-state index >= 15 is 0 Å². The number of pyridine rings is 2. The number of nitrogens with zero attached hydrogens (tertiary/aromatic N) is 4. The Morgan fingerprint density at radius 1 is 1.17 bits per heavy atom. The van der Waals surface area contributed by atoms with Crippen molar-refractivity contribution in [3.05, 3.63) is 56.2 Å². The quantitative estimate of drug-likeness (QED) is 0.401. The molecule has 0 bridgehead atoms. The zero-order valence-corrected chi connectivity index (χ0v) is 22.9. The van der Waals surface area contributed by atoms with Gasteiger partial charge in [-0.1, -0.05) is 23.2 Å². The molecule has 0 saturated carbocycles. The molecule has 0 fully saturated rings. The lowest BCUT2D eigenvalue weighted by atomic mass is 10.0. The van der Waals surface area contributed by atoms with Gasteiger partial charge in [-0.15, -0.1) is 0 Å². The van der Waals surface area contributed by atoms with Crippen LogP contribution in [0.15, 0.2) is 39.9 Å². The molecule has 0 aliphatic rings. The van der Waals surface area contributed by atoms with Gasteiger partial charge < -0.3 is 24.7 Å². The minimum absolute atomic E-state index is 0.227. The normalized spacial score (nSPS) is 12.5. The van der Waals surface area contributed by atoms with Gasteiger partial charge in [-0.2, -0.15) is 0 Å². The van der Waals surface area contributed by atoms with Gasteiger partial charge in [0.1, 0.15) is 11.5 Å². The van der Waals surface area contributed by atoms with Gasteiger partial charge in [-0.3, -0.25) is 14.8 Å². The molecule has 3 aromatic rings. The van der Waals surface area contributed by atoms with Gasteiger partial charge in [0, 0.05) is 53.8 Å². The van der Waals surface area contributed by atoms with Crippen LogP contribution >= 0.6 is 23.2 Å².